The van der Waals surface area contributed by atoms with Crippen LogP contribution in [0.25, 0.3) is 5.82 Å². The molecule has 0 unspecified atom stereocenters. The van der Waals surface area contributed by atoms with Crippen LogP contribution in [0.3, 0.4) is 0 Å². The Hall–Kier alpha value is -3.67. The lowest BCUT2D eigenvalue weighted by Gasteiger charge is -2.31. The summed E-state index contributed by atoms with van der Waals surface area (Å²) in [6.45, 7) is 0.389. The molecule has 4 rings (SSSR count). The zero-order valence-electron chi connectivity index (χ0n) is 17.6. The second-order valence-corrected chi connectivity index (χ2v) is 7.73. The van der Waals surface area contributed by atoms with Crippen molar-refractivity contribution in [3.05, 3.63) is 47.0 Å². The highest BCUT2D eigenvalue weighted by Crippen LogP contribution is 2.24. The van der Waals surface area contributed by atoms with Gasteiger partial charge in [0, 0.05) is 12.6 Å². The minimum Gasteiger partial charge on any atom is -0.378 e. The van der Waals surface area contributed by atoms with Gasteiger partial charge in [-0.25, -0.2) is 14.4 Å². The molecule has 1 fully saturated rings. The third-order valence-corrected chi connectivity index (χ3v) is 5.50. The molecule has 0 aliphatic heterocycles. The summed E-state index contributed by atoms with van der Waals surface area (Å²) >= 11 is 0. The number of nitrogen functional groups attached to an aromatic ring is 1. The number of carbonyl (C=O) groups excluding carboxylic acids is 1. The zero-order chi connectivity index (χ0) is 22.5. The molecule has 1 aliphatic carbocycles. The van der Waals surface area contributed by atoms with Gasteiger partial charge in [-0.3, -0.25) is 9.69 Å². The van der Waals surface area contributed by atoms with E-state index in [0.717, 1.165) is 12.8 Å². The third kappa shape index (κ3) is 4.80. The zero-order valence-corrected chi connectivity index (χ0v) is 17.6. The second-order valence-electron chi connectivity index (χ2n) is 7.73. The van der Waals surface area contributed by atoms with E-state index in [1.54, 1.807) is 12.1 Å². The molecular weight excluding hydrogens is 417 g/mol. The van der Waals surface area contributed by atoms with E-state index in [-0.39, 0.29) is 17.3 Å². The number of carbonyl (C=O) groups is 1. The van der Waals surface area contributed by atoms with Crippen LogP contribution < -0.4 is 11.2 Å². The standard InChI is InChI=1S/C20H24FN9O2/c1-29(15-8-3-2-4-9-15)12-16-17(24-28-30(16)19-18(22)26-32-27-19)20(31)25-23-11-13-6-5-7-14(21)10-13/h5-7,10-11,15H,2-4,8-9,12H2,1H3,(H2,22,26)(H,25,31)/b23-11+. The molecule has 3 N–H and O–H groups in total. The van der Waals surface area contributed by atoms with Gasteiger partial charge in [0.05, 0.1) is 11.9 Å². The smallest absolute Gasteiger partial charge is 0.293 e. The van der Waals surface area contributed by atoms with Crippen LogP contribution in [0.5, 0.6) is 0 Å². The number of hydrogen-bond donors (Lipinski definition) is 2. The summed E-state index contributed by atoms with van der Waals surface area (Å²) in [7, 11) is 2.00. The fraction of sp³-hybridized carbons (Fsp3) is 0.400. The molecule has 0 saturated heterocycles. The molecule has 1 amide bonds. The summed E-state index contributed by atoms with van der Waals surface area (Å²) in [4.78, 5) is 15.0. The summed E-state index contributed by atoms with van der Waals surface area (Å²) in [5.74, 6) is -0.763. The van der Waals surface area contributed by atoms with Gasteiger partial charge in [0.1, 0.15) is 5.82 Å². The molecule has 0 radical (unpaired) electrons. The number of aromatic nitrogens is 5. The van der Waals surface area contributed by atoms with Crippen molar-refractivity contribution in [2.45, 2.75) is 44.7 Å². The number of amides is 1. The molecule has 2 aromatic heterocycles. The van der Waals surface area contributed by atoms with Crippen LogP contribution in [-0.4, -0.2) is 55.4 Å². The van der Waals surface area contributed by atoms with E-state index in [4.69, 9.17) is 5.73 Å². The fourth-order valence-corrected chi connectivity index (χ4v) is 3.82. The lowest BCUT2D eigenvalue weighted by molar-refractivity contribution is 0.0947. The predicted molar refractivity (Wildman–Crippen MR) is 113 cm³/mol. The van der Waals surface area contributed by atoms with E-state index in [1.165, 1.54) is 42.3 Å². The van der Waals surface area contributed by atoms with Gasteiger partial charge in [-0.05, 0) is 47.9 Å². The van der Waals surface area contributed by atoms with Gasteiger partial charge in [0.15, 0.2) is 5.69 Å². The van der Waals surface area contributed by atoms with Crippen LogP contribution in [0.15, 0.2) is 34.0 Å². The highest BCUT2D eigenvalue weighted by Gasteiger charge is 2.27. The molecular formula is C20H24FN9O2. The highest BCUT2D eigenvalue weighted by molar-refractivity contribution is 5.94. The van der Waals surface area contributed by atoms with Crippen molar-refractivity contribution in [3.8, 4) is 5.82 Å². The van der Waals surface area contributed by atoms with E-state index >= 15 is 0 Å². The summed E-state index contributed by atoms with van der Waals surface area (Å²) < 4.78 is 19.4. The fourth-order valence-electron chi connectivity index (χ4n) is 3.82. The molecule has 168 valence electrons. The lowest BCUT2D eigenvalue weighted by Crippen LogP contribution is -2.34. The first-order valence-corrected chi connectivity index (χ1v) is 10.3. The predicted octanol–water partition coefficient (Wildman–Crippen LogP) is 1.90. The number of nitrogens with one attached hydrogen (secondary N) is 1. The molecule has 32 heavy (non-hydrogen) atoms. The monoisotopic (exact) mass is 441 g/mol. The summed E-state index contributed by atoms with van der Waals surface area (Å²) in [6.07, 6.45) is 7.11. The van der Waals surface area contributed by atoms with Gasteiger partial charge >= 0.3 is 0 Å². The van der Waals surface area contributed by atoms with Gasteiger partial charge in [0.2, 0.25) is 11.6 Å². The van der Waals surface area contributed by atoms with E-state index in [0.29, 0.717) is 23.8 Å². The molecule has 3 aromatic rings. The van der Waals surface area contributed by atoms with Crippen molar-refractivity contribution in [2.75, 3.05) is 12.8 Å². The van der Waals surface area contributed by atoms with E-state index in [9.17, 15) is 9.18 Å². The molecule has 11 nitrogen and oxygen atoms in total. The van der Waals surface area contributed by atoms with Crippen LogP contribution in [0.4, 0.5) is 10.2 Å². The number of benzene rings is 1. The second kappa shape index (κ2) is 9.64. The largest absolute Gasteiger partial charge is 0.378 e. The first-order chi connectivity index (χ1) is 15.5. The quantitative estimate of drug-likeness (QED) is 0.418. The average molecular weight is 441 g/mol. The molecule has 1 aromatic carbocycles. The lowest BCUT2D eigenvalue weighted by atomic mass is 9.94. The van der Waals surface area contributed by atoms with Gasteiger partial charge in [-0.15, -0.1) is 5.10 Å². The molecule has 0 spiro atoms. The molecule has 12 heteroatoms. The maximum absolute atomic E-state index is 13.3. The Morgan fingerprint density at radius 3 is 2.91 bits per heavy atom. The van der Waals surface area contributed by atoms with Gasteiger partial charge in [-0.1, -0.05) is 36.6 Å². The van der Waals surface area contributed by atoms with E-state index in [1.807, 2.05) is 7.05 Å². The Bertz CT molecular complexity index is 1100. The Balaban J connectivity index is 1.57. The maximum Gasteiger partial charge on any atom is 0.293 e. The number of nitrogens with zero attached hydrogens (tertiary/aromatic N) is 7. The number of anilines is 1. The van der Waals surface area contributed by atoms with E-state index in [2.05, 4.69) is 40.7 Å². The average Bonchev–Trinajstić information content (AvgIpc) is 3.40. The van der Waals surface area contributed by atoms with Gasteiger partial charge < -0.3 is 5.73 Å². The third-order valence-electron chi connectivity index (χ3n) is 5.50. The van der Waals surface area contributed by atoms with Crippen LogP contribution in [0, 0.1) is 5.82 Å². The first kappa shape index (κ1) is 21.6. The Labute approximate surface area is 183 Å². The first-order valence-electron chi connectivity index (χ1n) is 10.3. The number of hydrogen-bond acceptors (Lipinski definition) is 9. The normalized spacial score (nSPS) is 15.0. The summed E-state index contributed by atoms with van der Waals surface area (Å²) in [5.41, 5.74) is 9.32. The van der Waals surface area contributed by atoms with Crippen molar-refractivity contribution in [3.63, 3.8) is 0 Å². The van der Waals surface area contributed by atoms with Gasteiger partial charge in [-0.2, -0.15) is 9.78 Å². The Kier molecular flexibility index (Phi) is 6.50. The number of rotatable bonds is 7. The van der Waals surface area contributed by atoms with Crippen LogP contribution in [0.1, 0.15) is 53.8 Å². The van der Waals surface area contributed by atoms with Crippen molar-refractivity contribution in [1.82, 2.24) is 35.6 Å². The highest BCUT2D eigenvalue weighted by atomic mass is 19.1. The minimum atomic E-state index is -0.564. The van der Waals surface area contributed by atoms with Crippen LogP contribution in [0.2, 0.25) is 0 Å². The molecule has 0 bridgehead atoms. The molecule has 1 aliphatic rings. The molecule has 1 saturated carbocycles. The molecule has 2 heterocycles. The summed E-state index contributed by atoms with van der Waals surface area (Å²) in [6, 6.07) is 6.24. The number of nitrogens with two attached hydrogens (primary N) is 1. The van der Waals surface area contributed by atoms with Crippen molar-refractivity contribution in [1.29, 1.82) is 0 Å². The van der Waals surface area contributed by atoms with Crippen molar-refractivity contribution in [2.24, 2.45) is 5.10 Å². The number of hydrazone groups is 1. The minimum absolute atomic E-state index is 0.0348. The Morgan fingerprint density at radius 2 is 2.19 bits per heavy atom. The molecule has 0 atom stereocenters. The summed E-state index contributed by atoms with van der Waals surface area (Å²) in [5, 5.41) is 19.3. The Morgan fingerprint density at radius 1 is 1.38 bits per heavy atom. The van der Waals surface area contributed by atoms with Crippen LogP contribution >= 0.6 is 0 Å². The van der Waals surface area contributed by atoms with Crippen molar-refractivity contribution < 1.29 is 13.8 Å². The van der Waals surface area contributed by atoms with Crippen LogP contribution in [-0.2, 0) is 6.54 Å². The van der Waals surface area contributed by atoms with Gasteiger partial charge in [0.25, 0.3) is 5.91 Å². The maximum atomic E-state index is 13.3. The number of halogens is 1. The topological polar surface area (TPSA) is 140 Å². The van der Waals surface area contributed by atoms with Crippen molar-refractivity contribution >= 4 is 17.9 Å². The SMILES string of the molecule is CN(Cc1c(C(=O)N/N=C/c2cccc(F)c2)nnn1-c1nonc1N)C1CCCCC1. The van der Waals surface area contributed by atoms with E-state index < -0.39 is 11.7 Å².